The lowest BCUT2D eigenvalue weighted by molar-refractivity contribution is -0.138. The van der Waals surface area contributed by atoms with E-state index < -0.39 is 10.0 Å². The number of benzene rings is 1. The molecule has 1 aromatic rings. The molecular formula is C18H26Cl3N3O3S. The van der Waals surface area contributed by atoms with Crippen LogP contribution in [0.4, 0.5) is 0 Å². The van der Waals surface area contributed by atoms with E-state index in [4.69, 9.17) is 23.2 Å². The Morgan fingerprint density at radius 3 is 2.39 bits per heavy atom. The first kappa shape index (κ1) is 23.7. The fraction of sp³-hybridized carbons (Fsp3) is 0.611. The van der Waals surface area contributed by atoms with Gasteiger partial charge >= 0.3 is 0 Å². The Bertz CT molecular complexity index is 799. The minimum atomic E-state index is -3.24. The van der Waals surface area contributed by atoms with Crippen LogP contribution >= 0.6 is 35.6 Å². The van der Waals surface area contributed by atoms with Crippen LogP contribution in [0.1, 0.15) is 18.4 Å². The highest BCUT2D eigenvalue weighted by Gasteiger charge is 2.33. The SMILES string of the molecule is CS(=O)(=O)N1CCCC(C(=O)N2CCN(Cc3ccc(Cl)c(Cl)c3)CC2)C1.Cl. The van der Waals surface area contributed by atoms with E-state index in [1.807, 2.05) is 17.0 Å². The first-order valence-electron chi connectivity index (χ1n) is 9.14. The summed E-state index contributed by atoms with van der Waals surface area (Å²) in [5, 5.41) is 1.10. The molecule has 3 rings (SSSR count). The number of piperazine rings is 1. The van der Waals surface area contributed by atoms with Crippen molar-refractivity contribution in [1.82, 2.24) is 14.1 Å². The van der Waals surface area contributed by atoms with Gasteiger partial charge in [0.05, 0.1) is 22.2 Å². The second kappa shape index (κ2) is 9.96. The summed E-state index contributed by atoms with van der Waals surface area (Å²) in [7, 11) is -3.24. The molecule has 1 amide bonds. The Hall–Kier alpha value is -0.570. The number of carbonyl (C=O) groups excluding carboxylic acids is 1. The van der Waals surface area contributed by atoms with E-state index in [1.54, 1.807) is 6.07 Å². The molecule has 28 heavy (non-hydrogen) atoms. The highest BCUT2D eigenvalue weighted by Crippen LogP contribution is 2.24. The van der Waals surface area contributed by atoms with Gasteiger partial charge in [-0.3, -0.25) is 9.69 Å². The third-order valence-electron chi connectivity index (χ3n) is 5.28. The van der Waals surface area contributed by atoms with E-state index in [0.29, 0.717) is 36.2 Å². The fourth-order valence-electron chi connectivity index (χ4n) is 3.73. The van der Waals surface area contributed by atoms with E-state index in [2.05, 4.69) is 4.90 Å². The predicted octanol–water partition coefficient (Wildman–Crippen LogP) is 2.73. The van der Waals surface area contributed by atoms with E-state index in [0.717, 1.165) is 38.0 Å². The van der Waals surface area contributed by atoms with Crippen molar-refractivity contribution in [3.05, 3.63) is 33.8 Å². The van der Waals surface area contributed by atoms with E-state index >= 15 is 0 Å². The molecule has 1 unspecified atom stereocenters. The molecule has 10 heteroatoms. The van der Waals surface area contributed by atoms with Crippen molar-refractivity contribution in [3.63, 3.8) is 0 Å². The summed E-state index contributed by atoms with van der Waals surface area (Å²) in [5.74, 6) is -0.146. The molecule has 2 aliphatic rings. The smallest absolute Gasteiger partial charge is 0.227 e. The first-order valence-corrected chi connectivity index (χ1v) is 11.7. The van der Waals surface area contributed by atoms with Gasteiger partial charge in [-0.1, -0.05) is 29.3 Å². The third kappa shape index (κ3) is 5.97. The molecule has 0 spiro atoms. The highest BCUT2D eigenvalue weighted by molar-refractivity contribution is 7.88. The number of hydrogen-bond acceptors (Lipinski definition) is 4. The largest absolute Gasteiger partial charge is 0.340 e. The summed E-state index contributed by atoms with van der Waals surface area (Å²) in [6.45, 7) is 4.49. The van der Waals surface area contributed by atoms with Gasteiger partial charge in [-0.05, 0) is 30.5 Å². The van der Waals surface area contributed by atoms with Crippen molar-refractivity contribution in [2.75, 3.05) is 45.5 Å². The van der Waals surface area contributed by atoms with Crippen LogP contribution in [-0.2, 0) is 21.4 Å². The lowest BCUT2D eigenvalue weighted by atomic mass is 9.97. The lowest BCUT2D eigenvalue weighted by Crippen LogP contribution is -2.52. The molecule has 0 aliphatic carbocycles. The molecule has 6 nitrogen and oxygen atoms in total. The van der Waals surface area contributed by atoms with Gasteiger partial charge < -0.3 is 4.90 Å². The average Bonchev–Trinajstić information content (AvgIpc) is 2.64. The Kier molecular flexibility index (Phi) is 8.43. The van der Waals surface area contributed by atoms with Crippen LogP contribution in [0.15, 0.2) is 18.2 Å². The lowest BCUT2D eigenvalue weighted by Gasteiger charge is -2.38. The number of rotatable bonds is 4. The summed E-state index contributed by atoms with van der Waals surface area (Å²) in [4.78, 5) is 17.0. The van der Waals surface area contributed by atoms with Crippen molar-refractivity contribution in [2.45, 2.75) is 19.4 Å². The Morgan fingerprint density at radius 1 is 1.11 bits per heavy atom. The minimum Gasteiger partial charge on any atom is -0.340 e. The molecule has 0 bridgehead atoms. The molecule has 2 saturated heterocycles. The second-order valence-electron chi connectivity index (χ2n) is 7.31. The standard InChI is InChI=1S/C18H25Cl2N3O3S.ClH/c1-27(25,26)23-6-2-3-15(13-23)18(24)22-9-7-21(8-10-22)12-14-4-5-16(19)17(20)11-14;/h4-5,11,15H,2-3,6-10,12-13H2,1H3;1H. The van der Waals surface area contributed by atoms with Gasteiger partial charge in [0.2, 0.25) is 15.9 Å². The summed E-state index contributed by atoms with van der Waals surface area (Å²) in [6.07, 6.45) is 2.71. The molecule has 1 atom stereocenters. The Morgan fingerprint density at radius 2 is 1.79 bits per heavy atom. The molecule has 2 aliphatic heterocycles. The van der Waals surface area contributed by atoms with Gasteiger partial charge in [0, 0.05) is 45.8 Å². The summed E-state index contributed by atoms with van der Waals surface area (Å²) < 4.78 is 25.0. The summed E-state index contributed by atoms with van der Waals surface area (Å²) in [6, 6.07) is 5.65. The molecule has 158 valence electrons. The quantitative estimate of drug-likeness (QED) is 0.679. The molecule has 0 aromatic heterocycles. The number of halogens is 3. The van der Waals surface area contributed by atoms with Gasteiger partial charge in [-0.2, -0.15) is 0 Å². The van der Waals surface area contributed by atoms with Crippen LogP contribution in [0.2, 0.25) is 10.0 Å². The maximum atomic E-state index is 12.8. The van der Waals surface area contributed by atoms with E-state index in [9.17, 15) is 13.2 Å². The monoisotopic (exact) mass is 469 g/mol. The third-order valence-corrected chi connectivity index (χ3v) is 7.29. The predicted molar refractivity (Wildman–Crippen MR) is 115 cm³/mol. The maximum Gasteiger partial charge on any atom is 0.227 e. The van der Waals surface area contributed by atoms with Crippen LogP contribution in [0.25, 0.3) is 0 Å². The molecular weight excluding hydrogens is 445 g/mol. The number of hydrogen-bond donors (Lipinski definition) is 0. The summed E-state index contributed by atoms with van der Waals surface area (Å²) >= 11 is 12.0. The van der Waals surface area contributed by atoms with Crippen molar-refractivity contribution >= 4 is 51.5 Å². The van der Waals surface area contributed by atoms with Crippen molar-refractivity contribution in [3.8, 4) is 0 Å². The normalized spacial score (nSPS) is 22.0. The van der Waals surface area contributed by atoms with Gasteiger partial charge in [-0.25, -0.2) is 12.7 Å². The zero-order valence-corrected chi connectivity index (χ0v) is 19.0. The molecule has 2 fully saturated rings. The van der Waals surface area contributed by atoms with Gasteiger partial charge in [0.25, 0.3) is 0 Å². The minimum absolute atomic E-state index is 0. The molecule has 0 saturated carbocycles. The van der Waals surface area contributed by atoms with Crippen LogP contribution in [0.5, 0.6) is 0 Å². The number of amides is 1. The van der Waals surface area contributed by atoms with E-state index in [1.165, 1.54) is 10.6 Å². The number of sulfonamides is 1. The molecule has 0 radical (unpaired) electrons. The fourth-order valence-corrected chi connectivity index (χ4v) is 4.96. The van der Waals surface area contributed by atoms with Crippen molar-refractivity contribution < 1.29 is 13.2 Å². The molecule has 1 aromatic carbocycles. The van der Waals surface area contributed by atoms with E-state index in [-0.39, 0.29) is 24.2 Å². The Labute approximate surface area is 183 Å². The first-order chi connectivity index (χ1) is 12.7. The topological polar surface area (TPSA) is 60.9 Å². The Balaban J connectivity index is 0.00000280. The van der Waals surface area contributed by atoms with Gasteiger partial charge in [0.15, 0.2) is 0 Å². The zero-order valence-electron chi connectivity index (χ0n) is 15.8. The number of piperidine rings is 1. The highest BCUT2D eigenvalue weighted by atomic mass is 35.5. The molecule has 0 N–H and O–H groups in total. The number of carbonyl (C=O) groups is 1. The number of nitrogens with zero attached hydrogens (tertiary/aromatic N) is 3. The average molecular weight is 471 g/mol. The van der Waals surface area contributed by atoms with Crippen molar-refractivity contribution in [1.29, 1.82) is 0 Å². The zero-order chi connectivity index (χ0) is 19.6. The van der Waals surface area contributed by atoms with Crippen molar-refractivity contribution in [2.24, 2.45) is 5.92 Å². The van der Waals surface area contributed by atoms with Crippen LogP contribution < -0.4 is 0 Å². The second-order valence-corrected chi connectivity index (χ2v) is 10.1. The van der Waals surface area contributed by atoms with Crippen LogP contribution in [0.3, 0.4) is 0 Å². The van der Waals surface area contributed by atoms with Gasteiger partial charge in [-0.15, -0.1) is 12.4 Å². The maximum absolute atomic E-state index is 12.8. The van der Waals surface area contributed by atoms with Crippen LogP contribution in [-0.4, -0.2) is 74.0 Å². The molecule has 2 heterocycles. The van der Waals surface area contributed by atoms with Crippen LogP contribution in [0, 0.1) is 5.92 Å². The summed E-state index contributed by atoms with van der Waals surface area (Å²) in [5.41, 5.74) is 1.10. The van der Waals surface area contributed by atoms with Gasteiger partial charge in [0.1, 0.15) is 0 Å².